The van der Waals surface area contributed by atoms with Crippen molar-refractivity contribution in [1.82, 2.24) is 5.32 Å². The Morgan fingerprint density at radius 2 is 1.55 bits per heavy atom. The van der Waals surface area contributed by atoms with Gasteiger partial charge < -0.3 is 10.4 Å². The van der Waals surface area contributed by atoms with Crippen LogP contribution < -0.4 is 10.6 Å². The molecular formula is C24H25FN2O2. The number of hydrogen-bond donors (Lipinski definition) is 3. The molecule has 3 aromatic rings. The van der Waals surface area contributed by atoms with Crippen LogP contribution in [0.15, 0.2) is 84.9 Å². The molecule has 150 valence electrons. The fraction of sp³-hybridized carbons (Fsp3) is 0.208. The summed E-state index contributed by atoms with van der Waals surface area (Å²) in [6.07, 6.45) is 0.767. The third-order valence-electron chi connectivity index (χ3n) is 4.94. The fourth-order valence-electron chi connectivity index (χ4n) is 3.51. The van der Waals surface area contributed by atoms with Crippen LogP contribution in [0.25, 0.3) is 0 Å². The van der Waals surface area contributed by atoms with Crippen LogP contribution in [0.3, 0.4) is 0 Å². The minimum atomic E-state index is -1.45. The van der Waals surface area contributed by atoms with Gasteiger partial charge in [0.05, 0.1) is 6.04 Å². The summed E-state index contributed by atoms with van der Waals surface area (Å²) in [6, 6.07) is 23.8. The average molecular weight is 392 g/mol. The van der Waals surface area contributed by atoms with E-state index in [0.29, 0.717) is 17.7 Å². The van der Waals surface area contributed by atoms with E-state index in [1.165, 1.54) is 12.1 Å². The molecule has 29 heavy (non-hydrogen) atoms. The first-order chi connectivity index (χ1) is 14.1. The first kappa shape index (κ1) is 20.6. The first-order valence-corrected chi connectivity index (χ1v) is 9.69. The zero-order valence-corrected chi connectivity index (χ0v) is 16.3. The quantitative estimate of drug-likeness (QED) is 0.482. The van der Waals surface area contributed by atoms with E-state index >= 15 is 0 Å². The Kier molecular flexibility index (Phi) is 6.62. The molecule has 0 bridgehead atoms. The topological polar surface area (TPSA) is 61.4 Å². The molecule has 1 unspecified atom stereocenters. The Morgan fingerprint density at radius 1 is 0.966 bits per heavy atom. The van der Waals surface area contributed by atoms with Crippen LogP contribution in [0.4, 0.5) is 10.1 Å². The van der Waals surface area contributed by atoms with E-state index in [1.54, 1.807) is 24.3 Å². The monoisotopic (exact) mass is 392 g/mol. The van der Waals surface area contributed by atoms with E-state index in [-0.39, 0.29) is 5.82 Å². The number of aliphatic carboxylic acids is 1. The third kappa shape index (κ3) is 4.46. The lowest BCUT2D eigenvalue weighted by Gasteiger charge is -2.40. The summed E-state index contributed by atoms with van der Waals surface area (Å²) < 4.78 is 13.6. The van der Waals surface area contributed by atoms with Gasteiger partial charge in [-0.05, 0) is 48.4 Å². The molecule has 3 aromatic carbocycles. The van der Waals surface area contributed by atoms with Gasteiger partial charge in [0, 0.05) is 5.69 Å². The highest BCUT2D eigenvalue weighted by Crippen LogP contribution is 2.38. The second-order valence-corrected chi connectivity index (χ2v) is 6.90. The van der Waals surface area contributed by atoms with E-state index in [1.807, 2.05) is 55.5 Å². The number of halogens is 1. The summed E-state index contributed by atoms with van der Waals surface area (Å²) in [5, 5.41) is 17.1. The summed E-state index contributed by atoms with van der Waals surface area (Å²) >= 11 is 0. The highest BCUT2D eigenvalue weighted by atomic mass is 19.1. The molecule has 3 N–H and O–H groups in total. The molecule has 3 rings (SSSR count). The van der Waals surface area contributed by atoms with Crippen molar-refractivity contribution in [2.45, 2.75) is 24.9 Å². The number of benzene rings is 3. The molecule has 0 spiro atoms. The largest absolute Gasteiger partial charge is 0.480 e. The Hall–Kier alpha value is -3.18. The summed E-state index contributed by atoms with van der Waals surface area (Å²) in [6.45, 7) is 2.50. The Bertz CT molecular complexity index is 917. The van der Waals surface area contributed by atoms with Crippen molar-refractivity contribution in [2.75, 3.05) is 11.9 Å². The minimum absolute atomic E-state index is 0.366. The number of rotatable bonds is 9. The maximum atomic E-state index is 13.6. The molecule has 0 fully saturated rings. The van der Waals surface area contributed by atoms with E-state index in [2.05, 4.69) is 10.6 Å². The lowest BCUT2D eigenvalue weighted by atomic mass is 9.78. The van der Waals surface area contributed by atoms with Gasteiger partial charge in [0.1, 0.15) is 5.82 Å². The lowest BCUT2D eigenvalue weighted by molar-refractivity contribution is -0.146. The van der Waals surface area contributed by atoms with Crippen LogP contribution in [0.1, 0.15) is 30.5 Å². The van der Waals surface area contributed by atoms with Crippen molar-refractivity contribution in [2.24, 2.45) is 0 Å². The zero-order chi connectivity index (χ0) is 20.7. The number of nitrogens with one attached hydrogen (secondary N) is 2. The molecule has 5 heteroatoms. The van der Waals surface area contributed by atoms with Gasteiger partial charge in [-0.15, -0.1) is 0 Å². The molecule has 0 radical (unpaired) electrons. The third-order valence-corrected chi connectivity index (χ3v) is 4.94. The molecule has 0 heterocycles. The summed E-state index contributed by atoms with van der Waals surface area (Å²) in [4.78, 5) is 12.8. The van der Waals surface area contributed by atoms with Crippen molar-refractivity contribution >= 4 is 11.7 Å². The number of hydrogen-bond acceptors (Lipinski definition) is 3. The smallest absolute Gasteiger partial charge is 0.331 e. The normalized spacial score (nSPS) is 14.0. The van der Waals surface area contributed by atoms with Crippen molar-refractivity contribution in [1.29, 1.82) is 0 Å². The number of anilines is 1. The molecule has 0 amide bonds. The van der Waals surface area contributed by atoms with E-state index in [4.69, 9.17) is 0 Å². The molecule has 0 aliphatic rings. The highest BCUT2D eigenvalue weighted by molar-refractivity contribution is 5.83. The van der Waals surface area contributed by atoms with Gasteiger partial charge in [0.25, 0.3) is 0 Å². The van der Waals surface area contributed by atoms with Crippen LogP contribution in [-0.4, -0.2) is 17.6 Å². The molecule has 0 saturated carbocycles. The number of carboxylic acid groups (broad SMARTS) is 1. The number of carboxylic acids is 1. The van der Waals surface area contributed by atoms with Gasteiger partial charge in [0.2, 0.25) is 0 Å². The van der Waals surface area contributed by atoms with Crippen molar-refractivity contribution in [3.8, 4) is 0 Å². The standard InChI is InChI=1S/C24H25FN2O2/c1-2-17-26-24(23(28)29,19-9-5-3-6-10-19)22(18-13-15-20(25)16-14-18)27-21-11-7-4-8-12-21/h3-16,22,26-27H,2,17H2,1H3,(H,28,29)/t22?,24-/m0/s1. The van der Waals surface area contributed by atoms with Gasteiger partial charge in [-0.25, -0.2) is 9.18 Å². The van der Waals surface area contributed by atoms with Gasteiger partial charge in [-0.3, -0.25) is 5.32 Å². The molecular weight excluding hydrogens is 367 g/mol. The zero-order valence-electron chi connectivity index (χ0n) is 16.3. The van der Waals surface area contributed by atoms with Crippen molar-refractivity contribution < 1.29 is 14.3 Å². The predicted molar refractivity (Wildman–Crippen MR) is 113 cm³/mol. The molecule has 0 aromatic heterocycles. The van der Waals surface area contributed by atoms with E-state index in [0.717, 1.165) is 12.1 Å². The van der Waals surface area contributed by atoms with Crippen LogP contribution in [0.2, 0.25) is 0 Å². The van der Waals surface area contributed by atoms with Gasteiger partial charge in [0.15, 0.2) is 5.54 Å². The number of para-hydroxylation sites is 1. The maximum absolute atomic E-state index is 13.6. The van der Waals surface area contributed by atoms with Crippen LogP contribution in [0.5, 0.6) is 0 Å². The Morgan fingerprint density at radius 3 is 2.10 bits per heavy atom. The second kappa shape index (κ2) is 9.34. The second-order valence-electron chi connectivity index (χ2n) is 6.90. The SMILES string of the molecule is CCCN[C@@](C(=O)O)(c1ccccc1)C(Nc1ccccc1)c1ccc(F)cc1. The van der Waals surface area contributed by atoms with Gasteiger partial charge >= 0.3 is 5.97 Å². The van der Waals surface area contributed by atoms with E-state index < -0.39 is 17.6 Å². The van der Waals surface area contributed by atoms with Gasteiger partial charge in [-0.2, -0.15) is 0 Å². The molecule has 0 aliphatic heterocycles. The average Bonchev–Trinajstić information content (AvgIpc) is 2.75. The lowest BCUT2D eigenvalue weighted by Crippen LogP contribution is -2.56. The van der Waals surface area contributed by atoms with Gasteiger partial charge in [-0.1, -0.05) is 67.6 Å². The first-order valence-electron chi connectivity index (χ1n) is 9.69. The van der Waals surface area contributed by atoms with E-state index in [9.17, 15) is 14.3 Å². The van der Waals surface area contributed by atoms with Crippen LogP contribution >= 0.6 is 0 Å². The van der Waals surface area contributed by atoms with Crippen molar-refractivity contribution in [3.05, 3.63) is 102 Å². The fourth-order valence-corrected chi connectivity index (χ4v) is 3.51. The maximum Gasteiger partial charge on any atom is 0.331 e. The molecule has 2 atom stereocenters. The number of carbonyl (C=O) groups is 1. The summed E-state index contributed by atoms with van der Waals surface area (Å²) in [7, 11) is 0. The molecule has 0 aliphatic carbocycles. The summed E-state index contributed by atoms with van der Waals surface area (Å²) in [5.41, 5.74) is 0.621. The predicted octanol–water partition coefficient (Wildman–Crippen LogP) is 4.96. The van der Waals surface area contributed by atoms with Crippen LogP contribution in [0, 0.1) is 5.82 Å². The molecule has 4 nitrogen and oxygen atoms in total. The summed E-state index contributed by atoms with van der Waals surface area (Å²) in [5.74, 6) is -1.37. The highest BCUT2D eigenvalue weighted by Gasteiger charge is 2.48. The molecule has 0 saturated heterocycles. The van der Waals surface area contributed by atoms with Crippen molar-refractivity contribution in [3.63, 3.8) is 0 Å². The minimum Gasteiger partial charge on any atom is -0.480 e. The Balaban J connectivity index is 2.20. The van der Waals surface area contributed by atoms with Crippen LogP contribution in [-0.2, 0) is 10.3 Å². The Labute approximate surface area is 170 Å².